The molecule has 1 unspecified atom stereocenters. The highest BCUT2D eigenvalue weighted by Crippen LogP contribution is 2.25. The molecule has 3 rings (SSSR count). The molecule has 2 aromatic carbocycles. The fraction of sp³-hybridized carbons (Fsp3) is 0.318. The predicted octanol–water partition coefficient (Wildman–Crippen LogP) is 2.96. The molecule has 0 spiro atoms. The Kier molecular flexibility index (Phi) is 5.59. The molecule has 3 aromatic rings. The second kappa shape index (κ2) is 7.95. The molecular weight excluding hydrogens is 370 g/mol. The topological polar surface area (TPSA) is 104 Å². The first-order chi connectivity index (χ1) is 13.6. The lowest BCUT2D eigenvalue weighted by molar-refractivity contribution is -0.137. The molecule has 0 aliphatic heterocycles. The number of aliphatic carboxylic acids is 1. The highest BCUT2D eigenvalue weighted by molar-refractivity contribution is 5.81. The van der Waals surface area contributed by atoms with Gasteiger partial charge in [0, 0.05) is 0 Å². The van der Waals surface area contributed by atoms with Crippen LogP contribution in [-0.2, 0) is 21.5 Å². The van der Waals surface area contributed by atoms with Gasteiger partial charge in [0.2, 0.25) is 5.91 Å². The standard InChI is InChI=1S/C22H25N3O4/c1-22(2,3)15-10-8-14(9-11-15)17(12-20(27)28)23-19(26)13-25-18-7-5-4-6-16(18)24-21(25)29/h4-11,17H,12-13H2,1-3H3,(H,23,26)(H,24,29)(H,27,28). The number of aromatic amines is 1. The van der Waals surface area contributed by atoms with Gasteiger partial charge in [0.15, 0.2) is 0 Å². The molecule has 0 radical (unpaired) electrons. The Morgan fingerprint density at radius 2 is 1.76 bits per heavy atom. The number of para-hydroxylation sites is 2. The molecule has 3 N–H and O–H groups in total. The third kappa shape index (κ3) is 4.74. The molecule has 1 atom stereocenters. The average Bonchev–Trinajstić information content (AvgIpc) is 2.96. The van der Waals surface area contributed by atoms with Gasteiger partial charge < -0.3 is 15.4 Å². The highest BCUT2D eigenvalue weighted by atomic mass is 16.4. The molecule has 1 heterocycles. The van der Waals surface area contributed by atoms with Crippen molar-refractivity contribution in [1.82, 2.24) is 14.9 Å². The number of aromatic nitrogens is 2. The molecule has 1 amide bonds. The van der Waals surface area contributed by atoms with E-state index in [1.54, 1.807) is 24.3 Å². The Hall–Kier alpha value is -3.35. The number of nitrogens with zero attached hydrogens (tertiary/aromatic N) is 1. The van der Waals surface area contributed by atoms with Crippen molar-refractivity contribution >= 4 is 22.9 Å². The third-order valence-corrected chi connectivity index (χ3v) is 4.88. The fourth-order valence-corrected chi connectivity index (χ4v) is 3.29. The lowest BCUT2D eigenvalue weighted by Gasteiger charge is -2.22. The van der Waals surface area contributed by atoms with E-state index in [2.05, 4.69) is 31.1 Å². The van der Waals surface area contributed by atoms with Gasteiger partial charge in [-0.15, -0.1) is 0 Å². The number of carboxylic acids is 1. The normalized spacial score (nSPS) is 12.7. The number of rotatable bonds is 6. The van der Waals surface area contributed by atoms with Gasteiger partial charge in [0.05, 0.1) is 23.5 Å². The molecule has 1 aromatic heterocycles. The quantitative estimate of drug-likeness (QED) is 0.597. The molecule has 7 nitrogen and oxygen atoms in total. The summed E-state index contributed by atoms with van der Waals surface area (Å²) >= 11 is 0. The summed E-state index contributed by atoms with van der Waals surface area (Å²) in [6.45, 7) is 6.09. The van der Waals surface area contributed by atoms with E-state index in [0.29, 0.717) is 16.6 Å². The van der Waals surface area contributed by atoms with Crippen LogP contribution in [0.15, 0.2) is 53.3 Å². The molecular formula is C22H25N3O4. The number of amides is 1. The van der Waals surface area contributed by atoms with E-state index in [9.17, 15) is 19.5 Å². The van der Waals surface area contributed by atoms with E-state index >= 15 is 0 Å². The van der Waals surface area contributed by atoms with Gasteiger partial charge in [-0.05, 0) is 28.7 Å². The number of nitrogens with one attached hydrogen (secondary N) is 2. The van der Waals surface area contributed by atoms with E-state index in [1.807, 2.05) is 24.3 Å². The molecule has 0 saturated carbocycles. The van der Waals surface area contributed by atoms with Crippen LogP contribution in [0.3, 0.4) is 0 Å². The molecule has 0 saturated heterocycles. The van der Waals surface area contributed by atoms with Gasteiger partial charge in [0.25, 0.3) is 0 Å². The van der Waals surface area contributed by atoms with E-state index in [0.717, 1.165) is 5.56 Å². The minimum Gasteiger partial charge on any atom is -0.481 e. The zero-order valence-electron chi connectivity index (χ0n) is 16.7. The zero-order chi connectivity index (χ0) is 21.2. The van der Waals surface area contributed by atoms with Crippen molar-refractivity contribution in [2.75, 3.05) is 0 Å². The Labute approximate surface area is 168 Å². The van der Waals surface area contributed by atoms with E-state index in [-0.39, 0.29) is 24.1 Å². The van der Waals surface area contributed by atoms with Crippen LogP contribution in [0, 0.1) is 0 Å². The molecule has 0 aliphatic rings. The highest BCUT2D eigenvalue weighted by Gasteiger charge is 2.21. The maximum atomic E-state index is 12.6. The molecule has 0 bridgehead atoms. The minimum absolute atomic E-state index is 0.0272. The maximum absolute atomic E-state index is 12.6. The summed E-state index contributed by atoms with van der Waals surface area (Å²) in [5, 5.41) is 12.0. The third-order valence-electron chi connectivity index (χ3n) is 4.88. The van der Waals surface area contributed by atoms with Crippen molar-refractivity contribution in [3.05, 3.63) is 70.1 Å². The second-order valence-electron chi connectivity index (χ2n) is 8.12. The second-order valence-corrected chi connectivity index (χ2v) is 8.12. The van der Waals surface area contributed by atoms with Crippen molar-refractivity contribution in [2.45, 2.75) is 45.2 Å². The van der Waals surface area contributed by atoms with Crippen LogP contribution in [0.2, 0.25) is 0 Å². The van der Waals surface area contributed by atoms with Crippen LogP contribution in [0.1, 0.15) is 44.4 Å². The van der Waals surface area contributed by atoms with Gasteiger partial charge in [-0.2, -0.15) is 0 Å². The first-order valence-electron chi connectivity index (χ1n) is 9.44. The Bertz CT molecular complexity index is 1090. The van der Waals surface area contributed by atoms with Crippen LogP contribution in [0.5, 0.6) is 0 Å². The summed E-state index contributed by atoms with van der Waals surface area (Å²) in [6, 6.07) is 14.0. The van der Waals surface area contributed by atoms with E-state index < -0.39 is 17.9 Å². The smallest absolute Gasteiger partial charge is 0.326 e. The van der Waals surface area contributed by atoms with Crippen molar-refractivity contribution in [3.8, 4) is 0 Å². The number of carbonyl (C=O) groups is 2. The van der Waals surface area contributed by atoms with Crippen molar-refractivity contribution in [3.63, 3.8) is 0 Å². The summed E-state index contributed by atoms with van der Waals surface area (Å²) < 4.78 is 1.34. The largest absolute Gasteiger partial charge is 0.481 e. The van der Waals surface area contributed by atoms with Gasteiger partial charge in [-0.1, -0.05) is 57.2 Å². The fourth-order valence-electron chi connectivity index (χ4n) is 3.29. The SMILES string of the molecule is CC(C)(C)c1ccc(C(CC(=O)O)NC(=O)Cn2c(=O)[nH]c3ccccc32)cc1. The lowest BCUT2D eigenvalue weighted by atomic mass is 9.86. The van der Waals surface area contributed by atoms with Crippen LogP contribution in [0.25, 0.3) is 11.0 Å². The Morgan fingerprint density at radius 1 is 1.10 bits per heavy atom. The lowest BCUT2D eigenvalue weighted by Crippen LogP contribution is -2.35. The molecule has 0 aliphatic carbocycles. The monoisotopic (exact) mass is 395 g/mol. The average molecular weight is 395 g/mol. The Balaban J connectivity index is 1.81. The molecule has 7 heteroatoms. The molecule has 29 heavy (non-hydrogen) atoms. The van der Waals surface area contributed by atoms with Gasteiger partial charge in [0.1, 0.15) is 6.54 Å². The number of hydrogen-bond donors (Lipinski definition) is 3. The number of carboxylic acid groups (broad SMARTS) is 1. The number of hydrogen-bond acceptors (Lipinski definition) is 3. The van der Waals surface area contributed by atoms with Gasteiger partial charge in [-0.25, -0.2) is 4.79 Å². The number of imidazole rings is 1. The predicted molar refractivity (Wildman–Crippen MR) is 111 cm³/mol. The zero-order valence-corrected chi connectivity index (χ0v) is 16.7. The van der Waals surface area contributed by atoms with Crippen molar-refractivity contribution < 1.29 is 14.7 Å². The van der Waals surface area contributed by atoms with Gasteiger partial charge in [-0.3, -0.25) is 14.2 Å². The minimum atomic E-state index is -1.01. The van der Waals surface area contributed by atoms with Crippen LogP contribution < -0.4 is 11.0 Å². The summed E-state index contributed by atoms with van der Waals surface area (Å²) in [7, 11) is 0. The summed E-state index contributed by atoms with van der Waals surface area (Å²) in [5.74, 6) is -1.44. The summed E-state index contributed by atoms with van der Waals surface area (Å²) in [5.41, 5.74) is 2.68. The van der Waals surface area contributed by atoms with Crippen LogP contribution in [0.4, 0.5) is 0 Å². The number of fused-ring (bicyclic) bond motifs is 1. The van der Waals surface area contributed by atoms with Crippen molar-refractivity contribution in [2.24, 2.45) is 0 Å². The number of H-pyrrole nitrogens is 1. The Morgan fingerprint density at radius 3 is 2.38 bits per heavy atom. The molecule has 0 fully saturated rings. The summed E-state index contributed by atoms with van der Waals surface area (Å²) in [4.78, 5) is 38.8. The van der Waals surface area contributed by atoms with Gasteiger partial charge >= 0.3 is 11.7 Å². The summed E-state index contributed by atoms with van der Waals surface area (Å²) in [6.07, 6.45) is -0.247. The van der Waals surface area contributed by atoms with Crippen molar-refractivity contribution in [1.29, 1.82) is 0 Å². The number of benzene rings is 2. The maximum Gasteiger partial charge on any atom is 0.326 e. The first kappa shape index (κ1) is 20.4. The first-order valence-corrected chi connectivity index (χ1v) is 9.44. The molecule has 152 valence electrons. The van der Waals surface area contributed by atoms with Crippen LogP contribution in [-0.4, -0.2) is 26.5 Å². The van der Waals surface area contributed by atoms with E-state index in [1.165, 1.54) is 4.57 Å². The van der Waals surface area contributed by atoms with E-state index in [4.69, 9.17) is 0 Å². The van der Waals surface area contributed by atoms with Crippen LogP contribution >= 0.6 is 0 Å². The number of carbonyl (C=O) groups excluding carboxylic acids is 1.